The van der Waals surface area contributed by atoms with Crippen LogP contribution in [-0.4, -0.2) is 142 Å². The number of ether oxygens (including phenoxy) is 6. The fraction of sp³-hybridized carbons (Fsp3) is 0.925. The van der Waals surface area contributed by atoms with Crippen molar-refractivity contribution in [2.24, 2.45) is 0 Å². The van der Waals surface area contributed by atoms with E-state index in [4.69, 9.17) is 28.4 Å². The van der Waals surface area contributed by atoms with Crippen LogP contribution in [0.2, 0.25) is 0 Å². The zero-order chi connectivity index (χ0) is 39.6. The molecule has 2 aliphatic rings. The van der Waals surface area contributed by atoms with Crippen LogP contribution in [0.15, 0.2) is 12.2 Å². The maximum atomic E-state index is 12.1. The van der Waals surface area contributed by atoms with Crippen LogP contribution in [0, 0.1) is 0 Å². The first-order valence-electron chi connectivity index (χ1n) is 20.8. The molecule has 0 spiro atoms. The largest absolute Gasteiger partial charge is 0.457 e. The van der Waals surface area contributed by atoms with Gasteiger partial charge in [-0.05, 0) is 32.1 Å². The molecule has 0 saturated carbocycles. The summed E-state index contributed by atoms with van der Waals surface area (Å²) in [7, 11) is 0. The van der Waals surface area contributed by atoms with Gasteiger partial charge in [-0.25, -0.2) is 0 Å². The fourth-order valence-corrected chi connectivity index (χ4v) is 6.55. The Hall–Kier alpha value is -1.27. The predicted octanol–water partition coefficient (Wildman–Crippen LogP) is 3.56. The summed E-state index contributed by atoms with van der Waals surface area (Å²) in [6.45, 7) is 3.09. The molecule has 2 rings (SSSR count). The van der Waals surface area contributed by atoms with E-state index in [1.165, 1.54) is 96.3 Å². The van der Waals surface area contributed by atoms with E-state index in [0.717, 1.165) is 19.3 Å². The van der Waals surface area contributed by atoms with Gasteiger partial charge < -0.3 is 64.2 Å². The highest BCUT2D eigenvalue weighted by atomic mass is 16.7. The van der Waals surface area contributed by atoms with Gasteiger partial charge in [0.05, 0.1) is 26.4 Å². The van der Waals surface area contributed by atoms with E-state index in [1.54, 1.807) is 6.92 Å². The van der Waals surface area contributed by atoms with Crippen LogP contribution in [0.3, 0.4) is 0 Å². The number of hydrogen-bond donors (Lipinski definition) is 7. The van der Waals surface area contributed by atoms with Crippen LogP contribution in [0.5, 0.6) is 0 Å². The first-order valence-corrected chi connectivity index (χ1v) is 20.8. The van der Waals surface area contributed by atoms with E-state index in [1.807, 2.05) is 0 Å². The number of esters is 1. The standard InChI is InChI=1S/C40H74O14/c1-3-5-6-7-8-9-10-11-12-13-14-15-16-17-18-19-20-21-22-23-24-49-26-29(52-32(42)4-2)27-50-39-38(48)36(46)34(44)31(54-39)28-51-40-37(47)35(45)33(43)30(25-41)53-40/h11-12,29-31,33-41,43-48H,3-10,13-28H2,1-2H3/b12-11-. The van der Waals surface area contributed by atoms with E-state index in [9.17, 15) is 40.5 Å². The molecular weight excluding hydrogens is 704 g/mol. The van der Waals surface area contributed by atoms with E-state index >= 15 is 0 Å². The van der Waals surface area contributed by atoms with Gasteiger partial charge in [0.25, 0.3) is 0 Å². The second-order valence-corrected chi connectivity index (χ2v) is 14.8. The van der Waals surface area contributed by atoms with Gasteiger partial charge >= 0.3 is 5.97 Å². The van der Waals surface area contributed by atoms with Crippen LogP contribution in [0.25, 0.3) is 0 Å². The monoisotopic (exact) mass is 779 g/mol. The van der Waals surface area contributed by atoms with E-state index in [-0.39, 0.29) is 19.6 Å². The van der Waals surface area contributed by atoms with Crippen molar-refractivity contribution in [3.63, 3.8) is 0 Å². The molecule has 7 N–H and O–H groups in total. The predicted molar refractivity (Wildman–Crippen MR) is 201 cm³/mol. The summed E-state index contributed by atoms with van der Waals surface area (Å²) in [5.74, 6) is -0.464. The number of unbranched alkanes of at least 4 members (excludes halogenated alkanes) is 16. The topological polar surface area (TPSA) is 214 Å². The van der Waals surface area contributed by atoms with Crippen molar-refractivity contribution < 1.29 is 69.0 Å². The van der Waals surface area contributed by atoms with Gasteiger partial charge in [-0.15, -0.1) is 0 Å². The van der Waals surface area contributed by atoms with Crippen molar-refractivity contribution in [2.75, 3.05) is 33.0 Å². The number of carbonyl (C=O) groups excluding carboxylic acids is 1. The van der Waals surface area contributed by atoms with Gasteiger partial charge in [0.2, 0.25) is 0 Å². The van der Waals surface area contributed by atoms with Crippen LogP contribution in [0.4, 0.5) is 0 Å². The molecule has 318 valence electrons. The molecular formula is C40H74O14. The molecule has 0 bridgehead atoms. The molecule has 54 heavy (non-hydrogen) atoms. The maximum absolute atomic E-state index is 12.1. The Morgan fingerprint density at radius 1 is 0.593 bits per heavy atom. The van der Waals surface area contributed by atoms with Gasteiger partial charge in [-0.3, -0.25) is 4.79 Å². The van der Waals surface area contributed by atoms with Crippen molar-refractivity contribution in [3.8, 4) is 0 Å². The van der Waals surface area contributed by atoms with Crippen LogP contribution >= 0.6 is 0 Å². The minimum atomic E-state index is -1.70. The Kier molecular flexibility index (Phi) is 27.1. The second-order valence-electron chi connectivity index (χ2n) is 14.8. The van der Waals surface area contributed by atoms with E-state index < -0.39 is 86.7 Å². The maximum Gasteiger partial charge on any atom is 0.305 e. The van der Waals surface area contributed by atoms with Crippen molar-refractivity contribution in [1.82, 2.24) is 0 Å². The van der Waals surface area contributed by atoms with Gasteiger partial charge in [-0.1, -0.05) is 109 Å². The van der Waals surface area contributed by atoms with Gasteiger partial charge in [0.15, 0.2) is 12.6 Å². The fourth-order valence-electron chi connectivity index (χ4n) is 6.55. The third-order valence-electron chi connectivity index (χ3n) is 10.1. The number of allylic oxidation sites excluding steroid dienone is 2. The lowest BCUT2D eigenvalue weighted by atomic mass is 9.98. The quantitative estimate of drug-likeness (QED) is 0.0305. The number of aliphatic hydroxyl groups is 7. The first-order chi connectivity index (χ1) is 26.1. The van der Waals surface area contributed by atoms with E-state index in [2.05, 4.69) is 19.1 Å². The second kappa shape index (κ2) is 29.9. The summed E-state index contributed by atoms with van der Waals surface area (Å²) in [6, 6.07) is 0. The van der Waals surface area contributed by atoms with Crippen molar-refractivity contribution in [2.45, 2.75) is 203 Å². The number of hydrogen-bond acceptors (Lipinski definition) is 14. The van der Waals surface area contributed by atoms with Crippen molar-refractivity contribution >= 4 is 5.97 Å². The van der Waals surface area contributed by atoms with Crippen LogP contribution in [-0.2, 0) is 33.2 Å². The SMILES string of the molecule is CCCCCCCC/C=C\CCCCCCCCCCCCOCC(COC1OC(COC2OC(CO)C(O)C(O)C2O)C(O)C(O)C1O)OC(=O)CC. The average Bonchev–Trinajstić information content (AvgIpc) is 3.17. The summed E-state index contributed by atoms with van der Waals surface area (Å²) < 4.78 is 33.3. The Bertz CT molecular complexity index is 954. The molecule has 0 aromatic heterocycles. The molecule has 14 heteroatoms. The minimum Gasteiger partial charge on any atom is -0.457 e. The smallest absolute Gasteiger partial charge is 0.305 e. The lowest BCUT2D eigenvalue weighted by Gasteiger charge is -2.42. The third kappa shape index (κ3) is 19.3. The Morgan fingerprint density at radius 3 is 1.61 bits per heavy atom. The minimum absolute atomic E-state index is 0.0539. The molecule has 2 heterocycles. The lowest BCUT2D eigenvalue weighted by molar-refractivity contribution is -0.332. The Labute approximate surface area is 323 Å². The summed E-state index contributed by atoms with van der Waals surface area (Å²) >= 11 is 0. The van der Waals surface area contributed by atoms with Gasteiger partial charge in [0.1, 0.15) is 54.9 Å². The Balaban J connectivity index is 1.59. The highest BCUT2D eigenvalue weighted by Gasteiger charge is 2.47. The third-order valence-corrected chi connectivity index (χ3v) is 10.1. The molecule has 2 fully saturated rings. The summed E-state index contributed by atoms with van der Waals surface area (Å²) in [6.07, 6.45) is 11.3. The number of aliphatic hydroxyl groups excluding tert-OH is 7. The summed E-state index contributed by atoms with van der Waals surface area (Å²) in [5, 5.41) is 71.0. The normalized spacial score (nSPS) is 29.5. The molecule has 2 saturated heterocycles. The Morgan fingerprint density at radius 2 is 1.07 bits per heavy atom. The molecule has 14 nitrogen and oxygen atoms in total. The van der Waals surface area contributed by atoms with Crippen molar-refractivity contribution in [3.05, 3.63) is 12.2 Å². The first kappa shape index (κ1) is 48.9. The molecule has 0 amide bonds. The van der Waals surface area contributed by atoms with Crippen molar-refractivity contribution in [1.29, 1.82) is 0 Å². The number of rotatable bonds is 31. The molecule has 0 aromatic rings. The van der Waals surface area contributed by atoms with Gasteiger partial charge in [-0.2, -0.15) is 0 Å². The molecule has 11 unspecified atom stereocenters. The van der Waals surface area contributed by atoms with Crippen LogP contribution in [0.1, 0.15) is 136 Å². The number of carbonyl (C=O) groups is 1. The highest BCUT2D eigenvalue weighted by Crippen LogP contribution is 2.26. The zero-order valence-corrected chi connectivity index (χ0v) is 33.0. The molecule has 0 aliphatic carbocycles. The lowest BCUT2D eigenvalue weighted by Crippen LogP contribution is -2.61. The summed E-state index contributed by atoms with van der Waals surface area (Å²) in [4.78, 5) is 12.1. The molecule has 2 aliphatic heterocycles. The van der Waals surface area contributed by atoms with Gasteiger partial charge in [0, 0.05) is 13.0 Å². The molecule has 11 atom stereocenters. The van der Waals surface area contributed by atoms with E-state index in [0.29, 0.717) is 6.61 Å². The molecule has 0 radical (unpaired) electrons. The highest BCUT2D eigenvalue weighted by molar-refractivity contribution is 5.69. The zero-order valence-electron chi connectivity index (χ0n) is 33.0. The molecule has 0 aromatic carbocycles. The average molecular weight is 779 g/mol. The van der Waals surface area contributed by atoms with Crippen LogP contribution < -0.4 is 0 Å². The summed E-state index contributed by atoms with van der Waals surface area (Å²) in [5.41, 5.74) is 0.